The summed E-state index contributed by atoms with van der Waals surface area (Å²) in [6, 6.07) is 12.6. The molecule has 2 bridgehead atoms. The average Bonchev–Trinajstić information content (AvgIpc) is 3.19. The van der Waals surface area contributed by atoms with Crippen LogP contribution in [0, 0.1) is 11.7 Å². The quantitative estimate of drug-likeness (QED) is 0.624. The molecule has 6 rings (SSSR count). The standard InChI is InChI=1S/C21H20FN3OS.CH2O2/c22-17-4-2-1-3-15(17)14-5-6-16-19(11-14)27-24-20(16)21(26)23-18-12-25-9-7-13(18)8-10-25;2-1-3/h1-6,11,13,18H,7-10,12H2,(H,23,26);1H,(H,2,3)/t18-;/m0./s1. The minimum Gasteiger partial charge on any atom is -0.483 e. The lowest BCUT2D eigenvalue weighted by Crippen LogP contribution is -2.57. The lowest BCUT2D eigenvalue weighted by Gasteiger charge is -2.44. The largest absolute Gasteiger partial charge is 0.483 e. The van der Waals surface area contributed by atoms with Gasteiger partial charge in [-0.1, -0.05) is 30.3 Å². The number of benzene rings is 2. The highest BCUT2D eigenvalue weighted by molar-refractivity contribution is 7.13. The second kappa shape index (κ2) is 8.89. The van der Waals surface area contributed by atoms with E-state index in [2.05, 4.69) is 14.6 Å². The number of aromatic nitrogens is 1. The van der Waals surface area contributed by atoms with Gasteiger partial charge in [-0.05, 0) is 61.1 Å². The van der Waals surface area contributed by atoms with Gasteiger partial charge in [0.05, 0.1) is 4.70 Å². The highest BCUT2D eigenvalue weighted by Gasteiger charge is 2.35. The van der Waals surface area contributed by atoms with Crippen molar-refractivity contribution in [3.63, 3.8) is 0 Å². The zero-order valence-electron chi connectivity index (χ0n) is 16.3. The Balaban J connectivity index is 0.000000687. The molecule has 1 aromatic heterocycles. The first-order valence-corrected chi connectivity index (χ1v) is 10.6. The van der Waals surface area contributed by atoms with Gasteiger partial charge < -0.3 is 15.3 Å². The van der Waals surface area contributed by atoms with Crippen LogP contribution >= 0.6 is 11.5 Å². The summed E-state index contributed by atoms with van der Waals surface area (Å²) in [4.78, 5) is 23.6. The summed E-state index contributed by atoms with van der Waals surface area (Å²) in [7, 11) is 0. The second-order valence-corrected chi connectivity index (χ2v) is 8.35. The predicted molar refractivity (Wildman–Crippen MR) is 114 cm³/mol. The first-order valence-electron chi connectivity index (χ1n) is 9.86. The number of rotatable bonds is 3. The number of nitrogens with zero attached hydrogens (tertiary/aromatic N) is 2. The molecule has 30 heavy (non-hydrogen) atoms. The molecular formula is C22H22FN3O3S. The fourth-order valence-electron chi connectivity index (χ4n) is 4.33. The van der Waals surface area contributed by atoms with Gasteiger partial charge in [-0.3, -0.25) is 9.59 Å². The number of carbonyl (C=O) groups is 2. The molecule has 156 valence electrons. The van der Waals surface area contributed by atoms with E-state index in [0.29, 0.717) is 17.2 Å². The first-order chi connectivity index (χ1) is 14.6. The Hall–Kier alpha value is -2.84. The average molecular weight is 428 g/mol. The van der Waals surface area contributed by atoms with Gasteiger partial charge in [0, 0.05) is 23.5 Å². The Bertz CT molecular complexity index is 1060. The first kappa shape index (κ1) is 20.4. The van der Waals surface area contributed by atoms with Gasteiger partial charge in [0.2, 0.25) is 0 Å². The summed E-state index contributed by atoms with van der Waals surface area (Å²) in [5.41, 5.74) is 1.84. The normalized spacial score (nSPS) is 22.2. The zero-order valence-corrected chi connectivity index (χ0v) is 17.1. The van der Waals surface area contributed by atoms with Crippen molar-refractivity contribution in [1.29, 1.82) is 0 Å². The van der Waals surface area contributed by atoms with Crippen molar-refractivity contribution in [1.82, 2.24) is 14.6 Å². The third-order valence-corrected chi connectivity index (χ3v) is 6.65. The van der Waals surface area contributed by atoms with E-state index in [1.54, 1.807) is 12.1 Å². The van der Waals surface area contributed by atoms with Crippen molar-refractivity contribution in [2.75, 3.05) is 19.6 Å². The van der Waals surface area contributed by atoms with Crippen molar-refractivity contribution in [3.8, 4) is 11.1 Å². The number of carboxylic acid groups (broad SMARTS) is 1. The number of piperidine rings is 3. The summed E-state index contributed by atoms with van der Waals surface area (Å²) in [5.74, 6) is 0.233. The zero-order chi connectivity index (χ0) is 21.1. The molecule has 8 heteroatoms. The van der Waals surface area contributed by atoms with Crippen molar-refractivity contribution in [3.05, 3.63) is 54.0 Å². The number of hydrogen-bond donors (Lipinski definition) is 2. The van der Waals surface area contributed by atoms with E-state index in [0.717, 1.165) is 48.1 Å². The lowest BCUT2D eigenvalue weighted by molar-refractivity contribution is -0.122. The maximum absolute atomic E-state index is 14.1. The molecule has 3 aliphatic heterocycles. The maximum Gasteiger partial charge on any atom is 0.290 e. The monoisotopic (exact) mass is 427 g/mol. The van der Waals surface area contributed by atoms with Gasteiger partial charge >= 0.3 is 0 Å². The second-order valence-electron chi connectivity index (χ2n) is 7.55. The Morgan fingerprint density at radius 1 is 1.23 bits per heavy atom. The van der Waals surface area contributed by atoms with Crippen LogP contribution in [0.4, 0.5) is 4.39 Å². The van der Waals surface area contributed by atoms with Gasteiger partial charge in [0.1, 0.15) is 11.5 Å². The van der Waals surface area contributed by atoms with Crippen LogP contribution in [-0.2, 0) is 4.79 Å². The van der Waals surface area contributed by atoms with Crippen molar-refractivity contribution in [2.45, 2.75) is 18.9 Å². The molecule has 4 heterocycles. The summed E-state index contributed by atoms with van der Waals surface area (Å²) >= 11 is 1.29. The van der Waals surface area contributed by atoms with Crippen molar-refractivity contribution in [2.24, 2.45) is 5.92 Å². The number of carbonyl (C=O) groups excluding carboxylic acids is 1. The number of halogens is 1. The van der Waals surface area contributed by atoms with Crippen LogP contribution in [0.5, 0.6) is 0 Å². The van der Waals surface area contributed by atoms with Gasteiger partial charge in [-0.15, -0.1) is 0 Å². The van der Waals surface area contributed by atoms with Crippen LogP contribution in [0.3, 0.4) is 0 Å². The van der Waals surface area contributed by atoms with E-state index in [4.69, 9.17) is 9.90 Å². The Labute approximate surface area is 177 Å². The third-order valence-electron chi connectivity index (χ3n) is 5.84. The molecule has 0 unspecified atom stereocenters. The fourth-order valence-corrected chi connectivity index (χ4v) is 5.14. The van der Waals surface area contributed by atoms with Gasteiger partial charge in [0.15, 0.2) is 0 Å². The van der Waals surface area contributed by atoms with E-state index < -0.39 is 0 Å². The summed E-state index contributed by atoms with van der Waals surface area (Å²) in [5, 5.41) is 10.9. The Morgan fingerprint density at radius 2 is 1.97 bits per heavy atom. The van der Waals surface area contributed by atoms with Crippen LogP contribution in [0.1, 0.15) is 23.3 Å². The van der Waals surface area contributed by atoms with E-state index >= 15 is 0 Å². The molecule has 3 aliphatic rings. The van der Waals surface area contributed by atoms with Crippen LogP contribution in [0.15, 0.2) is 42.5 Å². The number of nitrogens with one attached hydrogen (secondary N) is 1. The topological polar surface area (TPSA) is 82.5 Å². The molecule has 6 nitrogen and oxygen atoms in total. The molecule has 3 aromatic rings. The molecule has 0 saturated carbocycles. The van der Waals surface area contributed by atoms with Crippen molar-refractivity contribution < 1.29 is 19.1 Å². The summed E-state index contributed by atoms with van der Waals surface area (Å²) < 4.78 is 19.4. The van der Waals surface area contributed by atoms with Gasteiger partial charge in [-0.2, -0.15) is 4.37 Å². The molecule has 2 aromatic carbocycles. The molecule has 2 N–H and O–H groups in total. The Kier molecular flexibility index (Phi) is 6.06. The molecular weight excluding hydrogens is 405 g/mol. The van der Waals surface area contributed by atoms with Crippen molar-refractivity contribution >= 4 is 34.0 Å². The molecule has 0 aliphatic carbocycles. The SMILES string of the molecule is O=C(N[C@H]1CN2CCC1CC2)c1nsc2cc(-c3ccccc3F)ccc12.O=CO. The number of amides is 1. The molecule has 0 radical (unpaired) electrons. The van der Waals surface area contributed by atoms with Gasteiger partial charge in [0.25, 0.3) is 12.4 Å². The van der Waals surface area contributed by atoms with Crippen LogP contribution in [0.2, 0.25) is 0 Å². The lowest BCUT2D eigenvalue weighted by atomic mass is 9.84. The fraction of sp³-hybridized carbons (Fsp3) is 0.318. The van der Waals surface area contributed by atoms with E-state index in [-0.39, 0.29) is 24.2 Å². The smallest absolute Gasteiger partial charge is 0.290 e. The van der Waals surface area contributed by atoms with E-state index in [1.165, 1.54) is 17.6 Å². The minimum absolute atomic E-state index is 0.0985. The van der Waals surface area contributed by atoms with Crippen LogP contribution in [0.25, 0.3) is 21.2 Å². The highest BCUT2D eigenvalue weighted by Crippen LogP contribution is 2.31. The predicted octanol–water partition coefficient (Wildman–Crippen LogP) is 3.63. The van der Waals surface area contributed by atoms with E-state index in [9.17, 15) is 9.18 Å². The maximum atomic E-state index is 14.1. The molecule has 1 atom stereocenters. The highest BCUT2D eigenvalue weighted by atomic mass is 32.1. The summed E-state index contributed by atoms with van der Waals surface area (Å²) in [6.45, 7) is 2.99. The molecule has 0 spiro atoms. The van der Waals surface area contributed by atoms with Gasteiger partial charge in [-0.25, -0.2) is 4.39 Å². The summed E-state index contributed by atoms with van der Waals surface area (Å²) in [6.07, 6.45) is 2.32. The van der Waals surface area contributed by atoms with Crippen LogP contribution in [-0.4, -0.2) is 52.4 Å². The molecule has 1 amide bonds. The van der Waals surface area contributed by atoms with E-state index in [1.807, 2.05) is 24.3 Å². The molecule has 3 fully saturated rings. The molecule has 3 saturated heterocycles. The number of fused-ring (bicyclic) bond motifs is 4. The Morgan fingerprint density at radius 3 is 2.63 bits per heavy atom. The number of hydrogen-bond acceptors (Lipinski definition) is 5. The minimum atomic E-state index is -0.250. The van der Waals surface area contributed by atoms with Crippen LogP contribution < -0.4 is 5.32 Å². The third kappa shape index (κ3) is 4.06.